The van der Waals surface area contributed by atoms with E-state index in [0.29, 0.717) is 13.1 Å². The molecule has 1 N–H and O–H groups in total. The van der Waals surface area contributed by atoms with Crippen LogP contribution in [0.25, 0.3) is 0 Å². The number of amides is 4. The van der Waals surface area contributed by atoms with Crippen LogP contribution in [0.4, 0.5) is 4.79 Å². The Labute approximate surface area is 164 Å². The van der Waals surface area contributed by atoms with E-state index in [1.54, 1.807) is 4.90 Å². The average Bonchev–Trinajstić information content (AvgIpc) is 2.94. The van der Waals surface area contributed by atoms with Gasteiger partial charge in [0.2, 0.25) is 15.9 Å². The molecule has 10 heteroatoms. The Kier molecular flexibility index (Phi) is 5.99. The summed E-state index contributed by atoms with van der Waals surface area (Å²) < 4.78 is 24.4. The maximum absolute atomic E-state index is 12.5. The Balaban J connectivity index is 1.49. The third kappa shape index (κ3) is 4.68. The van der Waals surface area contributed by atoms with E-state index in [-0.39, 0.29) is 44.3 Å². The lowest BCUT2D eigenvalue weighted by atomic mass is 10.1. The lowest BCUT2D eigenvalue weighted by Gasteiger charge is -2.33. The molecule has 2 aliphatic heterocycles. The van der Waals surface area contributed by atoms with E-state index in [1.807, 2.05) is 30.3 Å². The monoisotopic (exact) mass is 408 g/mol. The number of carbonyl (C=O) groups excluding carboxylic acids is 3. The minimum Gasteiger partial charge on any atom is -0.340 e. The molecule has 3 rings (SSSR count). The largest absolute Gasteiger partial charge is 0.340 e. The molecular weight excluding hydrogens is 384 g/mol. The van der Waals surface area contributed by atoms with Gasteiger partial charge in [0, 0.05) is 32.6 Å². The zero-order valence-corrected chi connectivity index (χ0v) is 16.5. The Morgan fingerprint density at radius 2 is 1.75 bits per heavy atom. The Bertz CT molecular complexity index is 850. The number of nitrogens with zero attached hydrogens (tertiary/aromatic N) is 3. The number of piperazine rings is 1. The van der Waals surface area contributed by atoms with Crippen molar-refractivity contribution >= 4 is 27.9 Å². The minimum absolute atomic E-state index is 0.120. The van der Waals surface area contributed by atoms with Gasteiger partial charge in [0.05, 0.1) is 12.8 Å². The topological polar surface area (TPSA) is 107 Å². The van der Waals surface area contributed by atoms with Crippen LogP contribution < -0.4 is 5.32 Å². The third-order valence-corrected chi connectivity index (χ3v) is 6.30. The van der Waals surface area contributed by atoms with Gasteiger partial charge in [-0.1, -0.05) is 30.3 Å². The predicted molar refractivity (Wildman–Crippen MR) is 102 cm³/mol. The molecule has 28 heavy (non-hydrogen) atoms. The molecular formula is C18H24N4O5S. The summed E-state index contributed by atoms with van der Waals surface area (Å²) in [6.07, 6.45) is 1.50. The first-order chi connectivity index (χ1) is 13.3. The highest BCUT2D eigenvalue weighted by molar-refractivity contribution is 7.88. The number of sulfonamides is 1. The fourth-order valence-corrected chi connectivity index (χ4v) is 4.21. The molecule has 0 radical (unpaired) electrons. The second-order valence-corrected chi connectivity index (χ2v) is 8.98. The van der Waals surface area contributed by atoms with Crippen LogP contribution in [0, 0.1) is 0 Å². The van der Waals surface area contributed by atoms with Crippen molar-refractivity contribution in [2.75, 3.05) is 32.4 Å². The Hall–Kier alpha value is -2.46. The van der Waals surface area contributed by atoms with Crippen molar-refractivity contribution in [2.24, 2.45) is 0 Å². The Morgan fingerprint density at radius 1 is 1.11 bits per heavy atom. The number of carbonyl (C=O) groups is 3. The maximum Gasteiger partial charge on any atom is 0.325 e. The summed E-state index contributed by atoms with van der Waals surface area (Å²) >= 11 is 0. The maximum atomic E-state index is 12.5. The van der Waals surface area contributed by atoms with Crippen LogP contribution in [0.1, 0.15) is 18.4 Å². The van der Waals surface area contributed by atoms with E-state index in [0.717, 1.165) is 16.7 Å². The molecule has 2 aliphatic rings. The molecule has 0 spiro atoms. The normalized spacial score (nSPS) is 21.1. The highest BCUT2D eigenvalue weighted by atomic mass is 32.2. The molecule has 1 aromatic carbocycles. The number of benzene rings is 1. The van der Waals surface area contributed by atoms with Gasteiger partial charge in [-0.2, -0.15) is 4.31 Å². The molecule has 0 unspecified atom stereocenters. The lowest BCUT2D eigenvalue weighted by molar-refractivity contribution is -0.133. The van der Waals surface area contributed by atoms with Crippen molar-refractivity contribution < 1.29 is 22.8 Å². The number of hydrogen-bond acceptors (Lipinski definition) is 5. The van der Waals surface area contributed by atoms with E-state index < -0.39 is 22.1 Å². The fourth-order valence-electron chi connectivity index (χ4n) is 3.38. The standard InChI is InChI=1S/C18H24N4O5S/c1-28(26,27)21-11-9-20(10-12-21)16(23)8-7-15-17(24)22(18(25)19-15)13-14-5-3-2-4-6-14/h2-6,15H,7-13H2,1H3,(H,19,25)/t15-/m0/s1. The lowest BCUT2D eigenvalue weighted by Crippen LogP contribution is -2.50. The van der Waals surface area contributed by atoms with Gasteiger partial charge in [-0.25, -0.2) is 13.2 Å². The van der Waals surface area contributed by atoms with Crippen molar-refractivity contribution in [3.63, 3.8) is 0 Å². The van der Waals surface area contributed by atoms with Crippen LogP contribution in [-0.2, 0) is 26.2 Å². The third-order valence-electron chi connectivity index (χ3n) is 5.00. The highest BCUT2D eigenvalue weighted by Gasteiger charge is 2.38. The van der Waals surface area contributed by atoms with E-state index in [2.05, 4.69) is 5.32 Å². The second-order valence-electron chi connectivity index (χ2n) is 6.99. The molecule has 4 amide bonds. The summed E-state index contributed by atoms with van der Waals surface area (Å²) in [6.45, 7) is 1.40. The zero-order chi connectivity index (χ0) is 20.3. The van der Waals surface area contributed by atoms with Crippen LogP contribution in [0.15, 0.2) is 30.3 Å². The van der Waals surface area contributed by atoms with Crippen molar-refractivity contribution in [3.8, 4) is 0 Å². The van der Waals surface area contributed by atoms with E-state index in [9.17, 15) is 22.8 Å². The number of hydrogen-bond donors (Lipinski definition) is 1. The van der Waals surface area contributed by atoms with Crippen LogP contribution in [0.3, 0.4) is 0 Å². The summed E-state index contributed by atoms with van der Waals surface area (Å²) in [4.78, 5) is 39.8. The minimum atomic E-state index is -3.25. The number of imide groups is 1. The summed E-state index contributed by atoms with van der Waals surface area (Å²) in [6, 6.07) is 8.06. The van der Waals surface area contributed by atoms with Gasteiger partial charge in [0.25, 0.3) is 5.91 Å². The molecule has 2 fully saturated rings. The van der Waals surface area contributed by atoms with Crippen LogP contribution in [0.2, 0.25) is 0 Å². The molecule has 0 saturated carbocycles. The number of urea groups is 1. The van der Waals surface area contributed by atoms with Gasteiger partial charge in [0.1, 0.15) is 6.04 Å². The zero-order valence-electron chi connectivity index (χ0n) is 15.7. The van der Waals surface area contributed by atoms with Gasteiger partial charge in [-0.15, -0.1) is 0 Å². The molecule has 2 heterocycles. The molecule has 1 atom stereocenters. The first kappa shape index (κ1) is 20.3. The van der Waals surface area contributed by atoms with Gasteiger partial charge in [-0.3, -0.25) is 14.5 Å². The first-order valence-corrected chi connectivity index (χ1v) is 11.0. The van der Waals surface area contributed by atoms with Crippen LogP contribution >= 0.6 is 0 Å². The smallest absolute Gasteiger partial charge is 0.325 e. The molecule has 2 saturated heterocycles. The highest BCUT2D eigenvalue weighted by Crippen LogP contribution is 2.16. The number of nitrogens with one attached hydrogen (secondary N) is 1. The molecule has 0 bridgehead atoms. The predicted octanol–water partition coefficient (Wildman–Crippen LogP) is -0.00900. The second kappa shape index (κ2) is 8.27. The van der Waals surface area contributed by atoms with Crippen molar-refractivity contribution in [3.05, 3.63) is 35.9 Å². The van der Waals surface area contributed by atoms with Crippen LogP contribution in [-0.4, -0.2) is 78.8 Å². The van der Waals surface area contributed by atoms with Crippen LogP contribution in [0.5, 0.6) is 0 Å². The van der Waals surface area contributed by atoms with Gasteiger partial charge < -0.3 is 10.2 Å². The summed E-state index contributed by atoms with van der Waals surface area (Å²) in [5.41, 5.74) is 0.853. The van der Waals surface area contributed by atoms with E-state index in [4.69, 9.17) is 0 Å². The molecule has 0 aromatic heterocycles. The van der Waals surface area contributed by atoms with Gasteiger partial charge in [-0.05, 0) is 12.0 Å². The summed E-state index contributed by atoms with van der Waals surface area (Å²) in [7, 11) is -3.25. The van der Waals surface area contributed by atoms with Gasteiger partial charge in [0.15, 0.2) is 0 Å². The summed E-state index contributed by atoms with van der Waals surface area (Å²) in [5, 5.41) is 2.64. The first-order valence-electron chi connectivity index (χ1n) is 9.14. The van der Waals surface area contributed by atoms with E-state index in [1.165, 1.54) is 4.31 Å². The summed E-state index contributed by atoms with van der Waals surface area (Å²) in [5.74, 6) is -0.472. The molecule has 152 valence electrons. The van der Waals surface area contributed by atoms with Crippen molar-refractivity contribution in [2.45, 2.75) is 25.4 Å². The molecule has 1 aromatic rings. The average molecular weight is 408 g/mol. The SMILES string of the molecule is CS(=O)(=O)N1CCN(C(=O)CC[C@@H]2NC(=O)N(Cc3ccccc3)C2=O)CC1. The molecule has 9 nitrogen and oxygen atoms in total. The number of rotatable bonds is 6. The fraction of sp³-hybridized carbons (Fsp3) is 0.500. The molecule has 0 aliphatic carbocycles. The quantitative estimate of drug-likeness (QED) is 0.667. The van der Waals surface area contributed by atoms with Gasteiger partial charge >= 0.3 is 6.03 Å². The van der Waals surface area contributed by atoms with Crippen molar-refractivity contribution in [1.82, 2.24) is 19.4 Å². The Morgan fingerprint density at radius 3 is 2.36 bits per heavy atom. The van der Waals surface area contributed by atoms with Crippen molar-refractivity contribution in [1.29, 1.82) is 0 Å². The van der Waals surface area contributed by atoms with E-state index >= 15 is 0 Å².